The second-order valence-electron chi connectivity index (χ2n) is 5.48. The number of aliphatic carboxylic acids is 1. The van der Waals surface area contributed by atoms with E-state index in [9.17, 15) is 4.79 Å². The van der Waals surface area contributed by atoms with Gasteiger partial charge in [-0.2, -0.15) is 0 Å². The molecule has 20 heavy (non-hydrogen) atoms. The van der Waals surface area contributed by atoms with Gasteiger partial charge >= 0.3 is 5.97 Å². The first-order valence-electron chi connectivity index (χ1n) is 7.26. The summed E-state index contributed by atoms with van der Waals surface area (Å²) in [7, 11) is 0. The largest absolute Gasteiger partial charge is 0.481 e. The Labute approximate surface area is 120 Å². The van der Waals surface area contributed by atoms with Crippen molar-refractivity contribution in [3.63, 3.8) is 0 Å². The fourth-order valence-electron chi connectivity index (χ4n) is 2.55. The standard InChI is InChI=1S/C16H23NO3/c1-13-2-4-15(5-3-13)17(9-6-16(18)19)12-14-7-10-20-11-8-14/h2-5,14H,6-12H2,1H3,(H,18,19). The third-order valence-corrected chi connectivity index (χ3v) is 3.81. The van der Waals surface area contributed by atoms with Crippen LogP contribution in [0.4, 0.5) is 5.69 Å². The first-order valence-corrected chi connectivity index (χ1v) is 7.26. The van der Waals surface area contributed by atoms with Crippen molar-refractivity contribution in [2.24, 2.45) is 5.92 Å². The summed E-state index contributed by atoms with van der Waals surface area (Å²) in [6.07, 6.45) is 2.31. The van der Waals surface area contributed by atoms with Crippen molar-refractivity contribution in [2.45, 2.75) is 26.2 Å². The van der Waals surface area contributed by atoms with Crippen molar-refractivity contribution in [3.05, 3.63) is 29.8 Å². The Bertz CT molecular complexity index is 424. The molecule has 0 aliphatic carbocycles. The molecule has 110 valence electrons. The number of aryl methyl sites for hydroxylation is 1. The lowest BCUT2D eigenvalue weighted by Crippen LogP contribution is -2.34. The molecule has 1 aliphatic rings. The zero-order valence-electron chi connectivity index (χ0n) is 12.0. The van der Waals surface area contributed by atoms with Crippen LogP contribution in [0.5, 0.6) is 0 Å². The number of nitrogens with zero attached hydrogens (tertiary/aromatic N) is 1. The van der Waals surface area contributed by atoms with Gasteiger partial charge < -0.3 is 14.7 Å². The monoisotopic (exact) mass is 277 g/mol. The SMILES string of the molecule is Cc1ccc(N(CCC(=O)O)CC2CCOCC2)cc1. The van der Waals surface area contributed by atoms with E-state index in [1.165, 1.54) is 5.56 Å². The van der Waals surface area contributed by atoms with Gasteiger partial charge in [0, 0.05) is 32.0 Å². The number of carbonyl (C=O) groups is 1. The fourth-order valence-corrected chi connectivity index (χ4v) is 2.55. The van der Waals surface area contributed by atoms with E-state index in [0.29, 0.717) is 12.5 Å². The molecule has 1 aromatic rings. The summed E-state index contributed by atoms with van der Waals surface area (Å²) in [5.41, 5.74) is 2.33. The van der Waals surface area contributed by atoms with E-state index >= 15 is 0 Å². The van der Waals surface area contributed by atoms with Gasteiger partial charge in [-0.3, -0.25) is 4.79 Å². The van der Waals surface area contributed by atoms with Crippen molar-refractivity contribution >= 4 is 11.7 Å². The van der Waals surface area contributed by atoms with E-state index in [1.54, 1.807) is 0 Å². The highest BCUT2D eigenvalue weighted by Gasteiger charge is 2.18. The Balaban J connectivity index is 2.02. The van der Waals surface area contributed by atoms with E-state index in [2.05, 4.69) is 36.1 Å². The molecule has 1 heterocycles. The Morgan fingerprint density at radius 1 is 1.30 bits per heavy atom. The quantitative estimate of drug-likeness (QED) is 0.868. The molecule has 0 bridgehead atoms. The maximum Gasteiger partial charge on any atom is 0.305 e. The maximum atomic E-state index is 10.8. The third kappa shape index (κ3) is 4.53. The van der Waals surface area contributed by atoms with Gasteiger partial charge in [-0.25, -0.2) is 0 Å². The molecule has 4 nitrogen and oxygen atoms in total. The van der Waals surface area contributed by atoms with Crippen LogP contribution in [0.2, 0.25) is 0 Å². The van der Waals surface area contributed by atoms with Gasteiger partial charge in [0.25, 0.3) is 0 Å². The lowest BCUT2D eigenvalue weighted by Gasteiger charge is -2.31. The molecule has 2 rings (SSSR count). The van der Waals surface area contributed by atoms with Crippen LogP contribution in [0.1, 0.15) is 24.8 Å². The van der Waals surface area contributed by atoms with E-state index < -0.39 is 5.97 Å². The number of benzene rings is 1. The van der Waals surface area contributed by atoms with Gasteiger partial charge in [0.2, 0.25) is 0 Å². The Kier molecular flexibility index (Phi) is 5.41. The van der Waals surface area contributed by atoms with Gasteiger partial charge in [-0.05, 0) is 37.8 Å². The van der Waals surface area contributed by atoms with Crippen LogP contribution in [-0.2, 0) is 9.53 Å². The summed E-state index contributed by atoms with van der Waals surface area (Å²) in [6, 6.07) is 8.31. The lowest BCUT2D eigenvalue weighted by atomic mass is 9.99. The topological polar surface area (TPSA) is 49.8 Å². The van der Waals surface area contributed by atoms with Crippen molar-refractivity contribution in [1.29, 1.82) is 0 Å². The second kappa shape index (κ2) is 7.29. The average molecular weight is 277 g/mol. The van der Waals surface area contributed by atoms with E-state index in [0.717, 1.165) is 38.3 Å². The molecule has 1 N–H and O–H groups in total. The molecule has 0 aromatic heterocycles. The van der Waals surface area contributed by atoms with Gasteiger partial charge in [0.1, 0.15) is 0 Å². The number of carboxylic acids is 1. The molecule has 1 saturated heterocycles. The number of anilines is 1. The van der Waals surface area contributed by atoms with Crippen molar-refractivity contribution in [1.82, 2.24) is 0 Å². The predicted molar refractivity (Wildman–Crippen MR) is 79.2 cm³/mol. The number of rotatable bonds is 6. The zero-order valence-corrected chi connectivity index (χ0v) is 12.0. The van der Waals surface area contributed by atoms with Crippen LogP contribution in [0.25, 0.3) is 0 Å². The van der Waals surface area contributed by atoms with Crippen molar-refractivity contribution in [2.75, 3.05) is 31.2 Å². The average Bonchev–Trinajstić information content (AvgIpc) is 2.45. The number of hydrogen-bond acceptors (Lipinski definition) is 3. The molecule has 4 heteroatoms. The van der Waals surface area contributed by atoms with E-state index in [4.69, 9.17) is 9.84 Å². The second-order valence-corrected chi connectivity index (χ2v) is 5.48. The molecular formula is C16H23NO3. The van der Waals surface area contributed by atoms with Crippen molar-refractivity contribution < 1.29 is 14.6 Å². The fraction of sp³-hybridized carbons (Fsp3) is 0.562. The number of hydrogen-bond donors (Lipinski definition) is 1. The van der Waals surface area contributed by atoms with Crippen LogP contribution in [0.15, 0.2) is 24.3 Å². The molecule has 1 fully saturated rings. The first kappa shape index (κ1) is 14.9. The Morgan fingerprint density at radius 3 is 2.55 bits per heavy atom. The lowest BCUT2D eigenvalue weighted by molar-refractivity contribution is -0.136. The van der Waals surface area contributed by atoms with Crippen LogP contribution in [0.3, 0.4) is 0 Å². The van der Waals surface area contributed by atoms with Crippen LogP contribution in [-0.4, -0.2) is 37.4 Å². The summed E-state index contributed by atoms with van der Waals surface area (Å²) < 4.78 is 5.39. The molecule has 0 atom stereocenters. The molecule has 0 spiro atoms. The smallest absolute Gasteiger partial charge is 0.305 e. The summed E-state index contributed by atoms with van der Waals surface area (Å²) in [4.78, 5) is 13.0. The number of ether oxygens (including phenoxy) is 1. The summed E-state index contributed by atoms with van der Waals surface area (Å²) in [5.74, 6) is -0.145. The van der Waals surface area contributed by atoms with Crippen LogP contribution >= 0.6 is 0 Å². The molecular weight excluding hydrogens is 254 g/mol. The normalized spacial score (nSPS) is 16.1. The highest BCUT2D eigenvalue weighted by molar-refractivity contribution is 5.67. The highest BCUT2D eigenvalue weighted by atomic mass is 16.5. The van der Waals surface area contributed by atoms with Crippen molar-refractivity contribution in [3.8, 4) is 0 Å². The summed E-state index contributed by atoms with van der Waals surface area (Å²) >= 11 is 0. The van der Waals surface area contributed by atoms with E-state index in [1.807, 2.05) is 0 Å². The molecule has 1 aromatic carbocycles. The van der Waals surface area contributed by atoms with Gasteiger partial charge in [0.15, 0.2) is 0 Å². The molecule has 0 unspecified atom stereocenters. The Morgan fingerprint density at radius 2 is 1.95 bits per heavy atom. The molecule has 1 aliphatic heterocycles. The minimum Gasteiger partial charge on any atom is -0.481 e. The predicted octanol–water partition coefficient (Wildman–Crippen LogP) is 2.70. The Hall–Kier alpha value is -1.55. The van der Waals surface area contributed by atoms with Crippen LogP contribution < -0.4 is 4.90 Å². The molecule has 0 radical (unpaired) electrons. The first-order chi connectivity index (χ1) is 9.65. The van der Waals surface area contributed by atoms with Gasteiger partial charge in [-0.1, -0.05) is 17.7 Å². The molecule has 0 amide bonds. The number of carboxylic acid groups (broad SMARTS) is 1. The minimum absolute atomic E-state index is 0.178. The third-order valence-electron chi connectivity index (χ3n) is 3.81. The highest BCUT2D eigenvalue weighted by Crippen LogP contribution is 2.21. The van der Waals surface area contributed by atoms with Crippen LogP contribution in [0, 0.1) is 12.8 Å². The minimum atomic E-state index is -0.742. The van der Waals surface area contributed by atoms with E-state index in [-0.39, 0.29) is 6.42 Å². The van der Waals surface area contributed by atoms with Gasteiger partial charge in [-0.15, -0.1) is 0 Å². The maximum absolute atomic E-state index is 10.8. The zero-order chi connectivity index (χ0) is 14.4. The van der Waals surface area contributed by atoms with Gasteiger partial charge in [0.05, 0.1) is 6.42 Å². The summed E-state index contributed by atoms with van der Waals surface area (Å²) in [6.45, 7) is 5.19. The molecule has 0 saturated carbocycles. The summed E-state index contributed by atoms with van der Waals surface area (Å²) in [5, 5.41) is 8.91.